The summed E-state index contributed by atoms with van der Waals surface area (Å²) in [7, 11) is 0. The van der Waals surface area contributed by atoms with Crippen molar-refractivity contribution in [2.24, 2.45) is 0 Å². The van der Waals surface area contributed by atoms with Gasteiger partial charge in [0.1, 0.15) is 11.3 Å². The Kier molecular flexibility index (Phi) is 3.60. The fourth-order valence-corrected chi connectivity index (χ4v) is 3.72. The van der Waals surface area contributed by atoms with Crippen molar-refractivity contribution in [3.05, 3.63) is 44.4 Å². The van der Waals surface area contributed by atoms with Gasteiger partial charge in [0.05, 0.1) is 16.2 Å². The van der Waals surface area contributed by atoms with Crippen LogP contribution in [0.15, 0.2) is 28.2 Å². The van der Waals surface area contributed by atoms with Gasteiger partial charge in [-0.2, -0.15) is 0 Å². The summed E-state index contributed by atoms with van der Waals surface area (Å²) in [6.45, 7) is 2.80. The van der Waals surface area contributed by atoms with Crippen molar-refractivity contribution in [3.63, 3.8) is 0 Å². The SMILES string of the molecule is Cc1ccnc2c1nc(CCl)n2Cc1ccc(Br)s1. The van der Waals surface area contributed by atoms with Gasteiger partial charge in [-0.05, 0) is 46.6 Å². The first-order valence-corrected chi connectivity index (χ1v) is 7.94. The van der Waals surface area contributed by atoms with E-state index in [4.69, 9.17) is 11.6 Å². The Bertz CT molecular complexity index is 735. The summed E-state index contributed by atoms with van der Waals surface area (Å²) in [5, 5.41) is 0. The largest absolute Gasteiger partial charge is 0.306 e. The molecular weight excluding hydrogens is 346 g/mol. The van der Waals surface area contributed by atoms with Gasteiger partial charge in [0.15, 0.2) is 5.65 Å². The molecule has 3 aromatic heterocycles. The number of alkyl halides is 1. The van der Waals surface area contributed by atoms with E-state index in [0.717, 1.165) is 32.9 Å². The molecule has 0 fully saturated rings. The number of halogens is 2. The molecule has 0 aliphatic rings. The zero-order valence-electron chi connectivity index (χ0n) is 10.2. The second kappa shape index (κ2) is 5.23. The van der Waals surface area contributed by atoms with E-state index in [1.807, 2.05) is 19.2 Å². The molecule has 0 aromatic carbocycles. The van der Waals surface area contributed by atoms with E-state index < -0.39 is 0 Å². The molecule has 3 nitrogen and oxygen atoms in total. The van der Waals surface area contributed by atoms with Crippen molar-refractivity contribution in [2.75, 3.05) is 0 Å². The van der Waals surface area contributed by atoms with E-state index in [1.165, 1.54) is 4.88 Å². The van der Waals surface area contributed by atoms with Crippen molar-refractivity contribution < 1.29 is 0 Å². The highest BCUT2D eigenvalue weighted by Gasteiger charge is 2.13. The smallest absolute Gasteiger partial charge is 0.160 e. The summed E-state index contributed by atoms with van der Waals surface area (Å²) >= 11 is 11.2. The molecule has 19 heavy (non-hydrogen) atoms. The third-order valence-corrected chi connectivity index (χ3v) is 4.82. The van der Waals surface area contributed by atoms with Crippen LogP contribution in [0.4, 0.5) is 0 Å². The molecule has 0 unspecified atom stereocenters. The third-order valence-electron chi connectivity index (χ3n) is 2.98. The average molecular weight is 357 g/mol. The molecule has 3 heterocycles. The Morgan fingerprint density at radius 3 is 2.89 bits per heavy atom. The van der Waals surface area contributed by atoms with Gasteiger partial charge in [-0.15, -0.1) is 22.9 Å². The fraction of sp³-hybridized carbons (Fsp3) is 0.231. The lowest BCUT2D eigenvalue weighted by Gasteiger charge is -2.05. The van der Waals surface area contributed by atoms with Crippen LogP contribution in [-0.4, -0.2) is 14.5 Å². The van der Waals surface area contributed by atoms with E-state index in [0.29, 0.717) is 5.88 Å². The van der Waals surface area contributed by atoms with Gasteiger partial charge in [-0.25, -0.2) is 9.97 Å². The lowest BCUT2D eigenvalue weighted by molar-refractivity contribution is 0.780. The van der Waals surface area contributed by atoms with Crippen LogP contribution < -0.4 is 0 Å². The Labute approximate surface area is 128 Å². The van der Waals surface area contributed by atoms with E-state index in [1.54, 1.807) is 11.3 Å². The summed E-state index contributed by atoms with van der Waals surface area (Å²) in [5.74, 6) is 1.26. The molecule has 3 rings (SSSR count). The monoisotopic (exact) mass is 355 g/mol. The second-order valence-electron chi connectivity index (χ2n) is 4.25. The number of hydrogen-bond donors (Lipinski definition) is 0. The predicted molar refractivity (Wildman–Crippen MR) is 82.9 cm³/mol. The zero-order valence-corrected chi connectivity index (χ0v) is 13.4. The first kappa shape index (κ1) is 13.1. The van der Waals surface area contributed by atoms with Gasteiger partial charge >= 0.3 is 0 Å². The van der Waals surface area contributed by atoms with Crippen LogP contribution in [0.5, 0.6) is 0 Å². The van der Waals surface area contributed by atoms with Crippen molar-refractivity contribution in [3.8, 4) is 0 Å². The van der Waals surface area contributed by atoms with Crippen LogP contribution in [0.1, 0.15) is 16.3 Å². The summed E-state index contributed by atoms with van der Waals surface area (Å²) in [6.07, 6.45) is 1.82. The first-order valence-electron chi connectivity index (χ1n) is 5.80. The Hall–Kier alpha value is -0.910. The van der Waals surface area contributed by atoms with Gasteiger partial charge in [-0.1, -0.05) is 0 Å². The third kappa shape index (κ3) is 2.42. The lowest BCUT2D eigenvalue weighted by Crippen LogP contribution is -2.03. The van der Waals surface area contributed by atoms with Crippen LogP contribution in [0, 0.1) is 6.92 Å². The number of fused-ring (bicyclic) bond motifs is 1. The molecule has 0 saturated heterocycles. The molecule has 0 N–H and O–H groups in total. The second-order valence-corrected chi connectivity index (χ2v) is 7.07. The highest BCUT2D eigenvalue weighted by Crippen LogP contribution is 2.25. The number of aromatic nitrogens is 3. The van der Waals surface area contributed by atoms with Gasteiger partial charge in [0.2, 0.25) is 0 Å². The maximum absolute atomic E-state index is 6.01. The topological polar surface area (TPSA) is 30.7 Å². The van der Waals surface area contributed by atoms with E-state index in [9.17, 15) is 0 Å². The van der Waals surface area contributed by atoms with Crippen molar-refractivity contribution >= 4 is 50.0 Å². The zero-order chi connectivity index (χ0) is 13.4. The first-order chi connectivity index (χ1) is 9.19. The Morgan fingerprint density at radius 2 is 2.21 bits per heavy atom. The molecule has 0 bridgehead atoms. The summed E-state index contributed by atoms with van der Waals surface area (Å²) in [5.41, 5.74) is 2.97. The van der Waals surface area contributed by atoms with Crippen molar-refractivity contribution in [2.45, 2.75) is 19.3 Å². The minimum atomic E-state index is 0.391. The Morgan fingerprint density at radius 1 is 1.37 bits per heavy atom. The highest BCUT2D eigenvalue weighted by atomic mass is 79.9. The molecule has 0 saturated carbocycles. The van der Waals surface area contributed by atoms with Gasteiger partial charge in [0, 0.05) is 11.1 Å². The quantitative estimate of drug-likeness (QED) is 0.653. The molecule has 0 amide bonds. The number of pyridine rings is 1. The molecule has 6 heteroatoms. The maximum Gasteiger partial charge on any atom is 0.160 e. The molecule has 3 aromatic rings. The van der Waals surface area contributed by atoms with Crippen LogP contribution in [0.25, 0.3) is 11.2 Å². The number of aryl methyl sites for hydroxylation is 1. The van der Waals surface area contributed by atoms with E-state index >= 15 is 0 Å². The number of thiophene rings is 1. The minimum absolute atomic E-state index is 0.391. The number of rotatable bonds is 3. The summed E-state index contributed by atoms with van der Waals surface area (Å²) < 4.78 is 3.22. The van der Waals surface area contributed by atoms with E-state index in [2.05, 4.69) is 42.6 Å². The summed E-state index contributed by atoms with van der Waals surface area (Å²) in [4.78, 5) is 10.3. The van der Waals surface area contributed by atoms with Gasteiger partial charge < -0.3 is 4.57 Å². The molecule has 0 spiro atoms. The van der Waals surface area contributed by atoms with Crippen LogP contribution in [-0.2, 0) is 12.4 Å². The molecule has 0 aliphatic heterocycles. The van der Waals surface area contributed by atoms with Crippen LogP contribution in [0.3, 0.4) is 0 Å². The van der Waals surface area contributed by atoms with Crippen molar-refractivity contribution in [1.29, 1.82) is 0 Å². The number of nitrogens with zero attached hydrogens (tertiary/aromatic N) is 3. The maximum atomic E-state index is 6.01. The molecule has 98 valence electrons. The molecular formula is C13H11BrClN3S. The fourth-order valence-electron chi connectivity index (χ4n) is 2.04. The average Bonchev–Trinajstić information content (AvgIpc) is 2.96. The predicted octanol–water partition coefficient (Wildman–Crippen LogP) is 4.35. The normalized spacial score (nSPS) is 11.3. The molecule has 0 atom stereocenters. The van der Waals surface area contributed by atoms with E-state index in [-0.39, 0.29) is 0 Å². The van der Waals surface area contributed by atoms with Crippen LogP contribution in [0.2, 0.25) is 0 Å². The number of imidazole rings is 1. The van der Waals surface area contributed by atoms with Gasteiger partial charge in [0.25, 0.3) is 0 Å². The van der Waals surface area contributed by atoms with Crippen molar-refractivity contribution in [1.82, 2.24) is 14.5 Å². The standard InChI is InChI=1S/C13H11BrClN3S/c1-8-4-5-16-13-12(8)17-11(6-15)18(13)7-9-2-3-10(14)19-9/h2-5H,6-7H2,1H3. The minimum Gasteiger partial charge on any atom is -0.306 e. The van der Waals surface area contributed by atoms with Crippen LogP contribution >= 0.6 is 38.9 Å². The lowest BCUT2D eigenvalue weighted by atomic mass is 10.3. The number of hydrogen-bond acceptors (Lipinski definition) is 3. The summed E-state index contributed by atoms with van der Waals surface area (Å²) in [6, 6.07) is 6.13. The Balaban J connectivity index is 2.13. The molecule has 0 radical (unpaired) electrons. The molecule has 0 aliphatic carbocycles. The highest BCUT2D eigenvalue weighted by molar-refractivity contribution is 9.11. The van der Waals surface area contributed by atoms with Gasteiger partial charge in [-0.3, -0.25) is 0 Å².